The van der Waals surface area contributed by atoms with Gasteiger partial charge >= 0.3 is 0 Å². The molecule has 0 fully saturated rings. The number of thiocarbonyl (C=S) groups is 1. The molecule has 2 rings (SSSR count). The van der Waals surface area contributed by atoms with Gasteiger partial charge in [0.1, 0.15) is 5.75 Å². The highest BCUT2D eigenvalue weighted by Gasteiger charge is 2.07. The maximum Gasteiger partial charge on any atom is 0.132 e. The Kier molecular flexibility index (Phi) is 2.44. The molecule has 0 bridgehead atoms. The summed E-state index contributed by atoms with van der Waals surface area (Å²) in [5, 5.41) is 11.7. The molecule has 0 atom stereocenters. The van der Waals surface area contributed by atoms with Crippen molar-refractivity contribution in [1.29, 1.82) is 0 Å². The summed E-state index contributed by atoms with van der Waals surface area (Å²) in [5.74, 6) is 0.211. The lowest BCUT2D eigenvalue weighted by Crippen LogP contribution is -1.88. The van der Waals surface area contributed by atoms with Crippen molar-refractivity contribution >= 4 is 39.8 Å². The summed E-state index contributed by atoms with van der Waals surface area (Å²) in [4.78, 5) is 0. The normalized spacial score (nSPS) is 10.4. The first-order chi connectivity index (χ1) is 6.70. The molecule has 70 valence electrons. The van der Waals surface area contributed by atoms with E-state index in [9.17, 15) is 5.11 Å². The predicted molar refractivity (Wildman–Crippen MR) is 66.3 cm³/mol. The van der Waals surface area contributed by atoms with Crippen LogP contribution in [0, 0.1) is 0 Å². The van der Waals surface area contributed by atoms with Crippen LogP contribution in [0.25, 0.3) is 10.8 Å². The molecule has 14 heavy (non-hydrogen) atoms. The average molecular weight is 220 g/mol. The lowest BCUT2D eigenvalue weighted by atomic mass is 10.1. The third-order valence-corrected chi connectivity index (χ3v) is 2.59. The van der Waals surface area contributed by atoms with Gasteiger partial charge in [0.05, 0.1) is 4.20 Å². The molecule has 0 saturated carbocycles. The minimum Gasteiger partial charge on any atom is -0.507 e. The summed E-state index contributed by atoms with van der Waals surface area (Å²) in [5.41, 5.74) is 0.613. The van der Waals surface area contributed by atoms with Crippen LogP contribution in [0.15, 0.2) is 36.4 Å². The summed E-state index contributed by atoms with van der Waals surface area (Å²) in [6.45, 7) is 0. The Hall–Kier alpha value is -1.06. The quantitative estimate of drug-likeness (QED) is 0.568. The maximum atomic E-state index is 9.88. The van der Waals surface area contributed by atoms with Gasteiger partial charge in [-0.2, -0.15) is 0 Å². The zero-order valence-corrected chi connectivity index (χ0v) is 8.98. The van der Waals surface area contributed by atoms with Crippen LogP contribution in [0.2, 0.25) is 0 Å². The topological polar surface area (TPSA) is 20.2 Å². The number of phenols is 1. The van der Waals surface area contributed by atoms with Crippen molar-refractivity contribution < 1.29 is 5.11 Å². The first-order valence-electron chi connectivity index (χ1n) is 4.14. The lowest BCUT2D eigenvalue weighted by molar-refractivity contribution is 0.481. The average Bonchev–Trinajstić information content (AvgIpc) is 2.18. The van der Waals surface area contributed by atoms with Crippen LogP contribution < -0.4 is 0 Å². The van der Waals surface area contributed by atoms with Crippen LogP contribution in [0.1, 0.15) is 5.56 Å². The fraction of sp³-hybridized carbons (Fsp3) is 0. The minimum atomic E-state index is 0.211. The van der Waals surface area contributed by atoms with E-state index in [0.717, 1.165) is 10.8 Å². The Labute approximate surface area is 92.8 Å². The number of aromatic hydroxyl groups is 1. The Morgan fingerprint density at radius 3 is 2.57 bits per heavy atom. The largest absolute Gasteiger partial charge is 0.507 e. The Balaban J connectivity index is 2.81. The van der Waals surface area contributed by atoms with Crippen molar-refractivity contribution in [1.82, 2.24) is 0 Å². The number of benzene rings is 2. The number of fused-ring (bicyclic) bond motifs is 1. The monoisotopic (exact) mass is 220 g/mol. The van der Waals surface area contributed by atoms with Gasteiger partial charge in [0, 0.05) is 10.9 Å². The summed E-state index contributed by atoms with van der Waals surface area (Å²) in [6, 6.07) is 11.3. The molecule has 0 amide bonds. The van der Waals surface area contributed by atoms with E-state index in [4.69, 9.17) is 12.2 Å². The Morgan fingerprint density at radius 2 is 1.86 bits per heavy atom. The van der Waals surface area contributed by atoms with Gasteiger partial charge in [0.2, 0.25) is 0 Å². The lowest BCUT2D eigenvalue weighted by Gasteiger charge is -2.05. The van der Waals surface area contributed by atoms with E-state index in [1.54, 1.807) is 6.07 Å². The first kappa shape index (κ1) is 9.49. The van der Waals surface area contributed by atoms with Crippen molar-refractivity contribution in [2.45, 2.75) is 0 Å². The molecule has 0 radical (unpaired) electrons. The van der Waals surface area contributed by atoms with Crippen LogP contribution in [0.4, 0.5) is 0 Å². The zero-order chi connectivity index (χ0) is 10.1. The number of phenolic OH excluding ortho intramolecular Hbond substituents is 1. The maximum absolute atomic E-state index is 9.88. The number of hydrogen-bond donors (Lipinski definition) is 2. The minimum absolute atomic E-state index is 0.211. The van der Waals surface area contributed by atoms with Crippen LogP contribution in [-0.4, -0.2) is 9.30 Å². The molecule has 2 aromatic rings. The van der Waals surface area contributed by atoms with Gasteiger partial charge in [-0.1, -0.05) is 42.5 Å². The summed E-state index contributed by atoms with van der Waals surface area (Å²) in [7, 11) is 0. The van der Waals surface area contributed by atoms with E-state index >= 15 is 0 Å². The molecule has 1 N–H and O–H groups in total. The van der Waals surface area contributed by atoms with Crippen molar-refractivity contribution in [2.75, 3.05) is 0 Å². The molecule has 0 saturated heterocycles. The van der Waals surface area contributed by atoms with Crippen molar-refractivity contribution in [3.8, 4) is 5.75 Å². The van der Waals surface area contributed by atoms with Crippen LogP contribution in [-0.2, 0) is 0 Å². The van der Waals surface area contributed by atoms with Gasteiger partial charge in [-0.3, -0.25) is 0 Å². The molecule has 0 aliphatic rings. The van der Waals surface area contributed by atoms with Crippen LogP contribution in [0.5, 0.6) is 5.75 Å². The number of hydrogen-bond acceptors (Lipinski definition) is 2. The van der Waals surface area contributed by atoms with Crippen molar-refractivity contribution in [3.05, 3.63) is 42.0 Å². The van der Waals surface area contributed by atoms with Gasteiger partial charge in [-0.05, 0) is 11.5 Å². The second-order valence-electron chi connectivity index (χ2n) is 2.99. The highest BCUT2D eigenvalue weighted by Crippen LogP contribution is 2.29. The van der Waals surface area contributed by atoms with E-state index in [0.29, 0.717) is 9.76 Å². The summed E-state index contributed by atoms with van der Waals surface area (Å²) >= 11 is 8.97. The smallest absolute Gasteiger partial charge is 0.132 e. The Morgan fingerprint density at radius 1 is 1.14 bits per heavy atom. The van der Waals surface area contributed by atoms with E-state index in [1.807, 2.05) is 30.3 Å². The van der Waals surface area contributed by atoms with Gasteiger partial charge < -0.3 is 5.11 Å². The highest BCUT2D eigenvalue weighted by molar-refractivity contribution is 8.11. The van der Waals surface area contributed by atoms with Gasteiger partial charge in [0.25, 0.3) is 0 Å². The standard InChI is InChI=1S/C11H8OS2/c12-10-8-4-2-1-3-7(8)5-6-9(10)11(13)14/h1-6,12H,(H,13,14). The molecule has 0 aromatic heterocycles. The fourth-order valence-electron chi connectivity index (χ4n) is 1.43. The second-order valence-corrected chi connectivity index (χ2v) is 4.15. The molecular formula is C11H8OS2. The van der Waals surface area contributed by atoms with Crippen LogP contribution >= 0.6 is 24.8 Å². The van der Waals surface area contributed by atoms with Gasteiger partial charge in [0.15, 0.2) is 0 Å². The van der Waals surface area contributed by atoms with E-state index in [1.165, 1.54) is 0 Å². The zero-order valence-electron chi connectivity index (χ0n) is 7.27. The van der Waals surface area contributed by atoms with Crippen molar-refractivity contribution in [2.24, 2.45) is 0 Å². The van der Waals surface area contributed by atoms with Crippen molar-refractivity contribution in [3.63, 3.8) is 0 Å². The fourth-order valence-corrected chi connectivity index (χ4v) is 1.77. The third kappa shape index (κ3) is 1.49. The number of thiol groups is 1. The molecule has 0 aliphatic carbocycles. The van der Waals surface area contributed by atoms with E-state index < -0.39 is 0 Å². The second kappa shape index (κ2) is 3.59. The van der Waals surface area contributed by atoms with Gasteiger partial charge in [-0.25, -0.2) is 0 Å². The van der Waals surface area contributed by atoms with E-state index in [-0.39, 0.29) is 5.75 Å². The first-order valence-corrected chi connectivity index (χ1v) is 4.99. The highest BCUT2D eigenvalue weighted by atomic mass is 32.1. The molecule has 0 unspecified atom stereocenters. The SMILES string of the molecule is Oc1c(C(=S)S)ccc2ccccc12. The molecule has 0 heterocycles. The van der Waals surface area contributed by atoms with E-state index in [2.05, 4.69) is 12.6 Å². The summed E-state index contributed by atoms with van der Waals surface area (Å²) < 4.78 is 0.410. The molecule has 3 heteroatoms. The van der Waals surface area contributed by atoms with Gasteiger partial charge in [-0.15, -0.1) is 12.6 Å². The number of rotatable bonds is 1. The molecule has 1 nitrogen and oxygen atoms in total. The summed E-state index contributed by atoms with van der Waals surface area (Å²) in [6.07, 6.45) is 0. The van der Waals surface area contributed by atoms with Crippen LogP contribution in [0.3, 0.4) is 0 Å². The molecule has 0 aliphatic heterocycles. The molecule has 2 aromatic carbocycles. The molecule has 0 spiro atoms. The third-order valence-electron chi connectivity index (χ3n) is 2.13. The molecular weight excluding hydrogens is 212 g/mol. The predicted octanol–water partition coefficient (Wildman–Crippen LogP) is 3.15. The Bertz CT molecular complexity index is 506.